The summed E-state index contributed by atoms with van der Waals surface area (Å²) in [7, 11) is 3.04. The molecule has 9 nitrogen and oxygen atoms in total. The van der Waals surface area contributed by atoms with Gasteiger partial charge in [0.05, 0.1) is 25.5 Å². The molecule has 0 radical (unpaired) electrons. The van der Waals surface area contributed by atoms with Crippen molar-refractivity contribution in [3.8, 4) is 11.5 Å². The van der Waals surface area contributed by atoms with Gasteiger partial charge in [0.25, 0.3) is 5.91 Å². The topological polar surface area (TPSA) is 103 Å². The van der Waals surface area contributed by atoms with Gasteiger partial charge in [-0.25, -0.2) is 4.39 Å². The molecule has 1 aliphatic heterocycles. The van der Waals surface area contributed by atoms with Crippen molar-refractivity contribution >= 4 is 17.5 Å². The quantitative estimate of drug-likeness (QED) is 0.667. The van der Waals surface area contributed by atoms with Crippen LogP contribution >= 0.6 is 0 Å². The summed E-state index contributed by atoms with van der Waals surface area (Å²) in [6.07, 6.45) is 0. The van der Waals surface area contributed by atoms with Crippen LogP contribution in [0.2, 0.25) is 0 Å². The number of benzene rings is 2. The lowest BCUT2D eigenvalue weighted by atomic mass is 9.95. The molecule has 4 rings (SSSR count). The first kappa shape index (κ1) is 19.4. The van der Waals surface area contributed by atoms with Gasteiger partial charge in [0.1, 0.15) is 23.4 Å². The summed E-state index contributed by atoms with van der Waals surface area (Å²) in [5.41, 5.74) is 1.85. The second-order valence-electron chi connectivity index (χ2n) is 6.59. The van der Waals surface area contributed by atoms with Crippen LogP contribution in [0.4, 0.5) is 16.0 Å². The Morgan fingerprint density at radius 1 is 1.20 bits per heavy atom. The molecular weight excluding hydrogens is 391 g/mol. The molecule has 2 aromatic carbocycles. The Morgan fingerprint density at radius 3 is 2.77 bits per heavy atom. The smallest absolute Gasteiger partial charge is 0.255 e. The van der Waals surface area contributed by atoms with Crippen LogP contribution in [0.1, 0.15) is 18.5 Å². The minimum absolute atomic E-state index is 0.338. The molecule has 1 aromatic heterocycles. The van der Waals surface area contributed by atoms with Crippen LogP contribution in [-0.2, 0) is 4.79 Å². The van der Waals surface area contributed by atoms with E-state index in [1.165, 1.54) is 31.0 Å². The molecule has 154 valence electrons. The average Bonchev–Trinajstić information content (AvgIpc) is 3.20. The molecule has 2 N–H and O–H groups in total. The molecular formula is C20H19FN6O3. The third kappa shape index (κ3) is 3.43. The maximum absolute atomic E-state index is 14.0. The summed E-state index contributed by atoms with van der Waals surface area (Å²) in [4.78, 5) is 13.4. The molecule has 0 fully saturated rings. The number of hydrogen-bond acceptors (Lipinski definition) is 7. The molecule has 30 heavy (non-hydrogen) atoms. The second-order valence-corrected chi connectivity index (χ2v) is 6.59. The van der Waals surface area contributed by atoms with E-state index < -0.39 is 17.8 Å². The zero-order chi connectivity index (χ0) is 21.3. The van der Waals surface area contributed by atoms with E-state index in [1.54, 1.807) is 37.3 Å². The molecule has 2 heterocycles. The van der Waals surface area contributed by atoms with Crippen molar-refractivity contribution in [2.75, 3.05) is 24.9 Å². The normalized spacial score (nSPS) is 15.3. The number of amides is 1. The Hall–Kier alpha value is -3.95. The highest BCUT2D eigenvalue weighted by atomic mass is 19.1. The number of hydrogen-bond donors (Lipinski definition) is 2. The molecule has 0 saturated carbocycles. The van der Waals surface area contributed by atoms with Gasteiger partial charge in [0, 0.05) is 11.8 Å². The van der Waals surface area contributed by atoms with Gasteiger partial charge >= 0.3 is 0 Å². The van der Waals surface area contributed by atoms with Gasteiger partial charge in [-0.05, 0) is 47.2 Å². The van der Waals surface area contributed by atoms with Gasteiger partial charge in [-0.15, -0.1) is 0 Å². The average molecular weight is 410 g/mol. The van der Waals surface area contributed by atoms with Crippen molar-refractivity contribution in [2.45, 2.75) is 13.0 Å². The number of nitrogens with zero attached hydrogens (tertiary/aromatic N) is 4. The van der Waals surface area contributed by atoms with Crippen LogP contribution in [0.3, 0.4) is 0 Å². The largest absolute Gasteiger partial charge is 0.497 e. The Labute approximate surface area is 171 Å². The zero-order valence-corrected chi connectivity index (χ0v) is 16.5. The summed E-state index contributed by atoms with van der Waals surface area (Å²) in [6, 6.07) is 10.3. The van der Waals surface area contributed by atoms with E-state index in [0.29, 0.717) is 40.0 Å². The van der Waals surface area contributed by atoms with Crippen molar-refractivity contribution < 1.29 is 18.7 Å². The third-order valence-electron chi connectivity index (χ3n) is 4.78. The number of carbonyl (C=O) groups is 1. The number of allylic oxidation sites excluding steroid dienone is 1. The predicted octanol–water partition coefficient (Wildman–Crippen LogP) is 2.76. The lowest BCUT2D eigenvalue weighted by molar-refractivity contribution is -0.113. The SMILES string of the molecule is COc1ccc(OC)c(NC(=O)C2=C(C)Nc3nnnn3C2c2cccc(F)c2)c1. The number of carbonyl (C=O) groups excluding carboxylic acids is 1. The number of fused-ring (bicyclic) bond motifs is 1. The predicted molar refractivity (Wildman–Crippen MR) is 107 cm³/mol. The standard InChI is InChI=1S/C20H19FN6O3/c1-11-17(19(28)23-15-10-14(29-2)7-8-16(15)30-3)18(12-5-4-6-13(21)9-12)27-20(22-11)24-25-26-27/h4-10,18H,1-3H3,(H,23,28)(H,22,24,26). The second kappa shape index (κ2) is 7.82. The molecule has 10 heteroatoms. The van der Waals surface area contributed by atoms with E-state index in [2.05, 4.69) is 26.2 Å². The molecule has 3 aromatic rings. The third-order valence-corrected chi connectivity index (χ3v) is 4.78. The fourth-order valence-electron chi connectivity index (χ4n) is 3.39. The van der Waals surface area contributed by atoms with Gasteiger partial charge in [-0.1, -0.05) is 17.2 Å². The van der Waals surface area contributed by atoms with Crippen LogP contribution in [0.25, 0.3) is 0 Å². The number of tetrazole rings is 1. The lowest BCUT2D eigenvalue weighted by Gasteiger charge is -2.28. The lowest BCUT2D eigenvalue weighted by Crippen LogP contribution is -2.31. The van der Waals surface area contributed by atoms with Gasteiger partial charge in [-0.2, -0.15) is 4.68 Å². The van der Waals surface area contributed by atoms with E-state index >= 15 is 0 Å². The summed E-state index contributed by atoms with van der Waals surface area (Å²) in [5.74, 6) is 0.548. The van der Waals surface area contributed by atoms with Crippen molar-refractivity contribution in [1.82, 2.24) is 20.2 Å². The monoisotopic (exact) mass is 410 g/mol. The van der Waals surface area contributed by atoms with Crippen LogP contribution in [-0.4, -0.2) is 40.3 Å². The Morgan fingerprint density at radius 2 is 2.03 bits per heavy atom. The first-order valence-electron chi connectivity index (χ1n) is 9.06. The molecule has 0 spiro atoms. The van der Waals surface area contributed by atoms with Crippen LogP contribution in [0.5, 0.6) is 11.5 Å². The Bertz CT molecular complexity index is 1140. The van der Waals surface area contributed by atoms with Gasteiger partial charge in [0.2, 0.25) is 5.95 Å². The van der Waals surface area contributed by atoms with E-state index in [0.717, 1.165) is 0 Å². The number of anilines is 2. The minimum atomic E-state index is -0.719. The number of methoxy groups -OCH3 is 2. The van der Waals surface area contributed by atoms with Crippen LogP contribution < -0.4 is 20.1 Å². The van der Waals surface area contributed by atoms with E-state index in [1.807, 2.05) is 0 Å². The van der Waals surface area contributed by atoms with Crippen LogP contribution in [0, 0.1) is 5.82 Å². The summed E-state index contributed by atoms with van der Waals surface area (Å²) in [5, 5.41) is 17.5. The van der Waals surface area contributed by atoms with Crippen molar-refractivity contribution in [3.05, 3.63) is 65.1 Å². The van der Waals surface area contributed by atoms with E-state index in [-0.39, 0.29) is 0 Å². The highest BCUT2D eigenvalue weighted by Crippen LogP contribution is 2.36. The molecule has 0 saturated heterocycles. The zero-order valence-electron chi connectivity index (χ0n) is 16.5. The van der Waals surface area contributed by atoms with E-state index in [9.17, 15) is 9.18 Å². The summed E-state index contributed by atoms with van der Waals surface area (Å²) in [6.45, 7) is 1.74. The molecule has 0 bridgehead atoms. The fourth-order valence-corrected chi connectivity index (χ4v) is 3.39. The molecule has 1 atom stereocenters. The molecule has 1 aliphatic rings. The van der Waals surface area contributed by atoms with Crippen molar-refractivity contribution in [2.24, 2.45) is 0 Å². The number of halogens is 1. The van der Waals surface area contributed by atoms with Crippen LogP contribution in [0.15, 0.2) is 53.7 Å². The van der Waals surface area contributed by atoms with Gasteiger partial charge in [-0.3, -0.25) is 4.79 Å². The fraction of sp³-hybridized carbons (Fsp3) is 0.200. The molecule has 1 unspecified atom stereocenters. The van der Waals surface area contributed by atoms with Crippen molar-refractivity contribution in [3.63, 3.8) is 0 Å². The number of ether oxygens (including phenoxy) is 2. The van der Waals surface area contributed by atoms with E-state index in [4.69, 9.17) is 9.47 Å². The van der Waals surface area contributed by atoms with Crippen molar-refractivity contribution in [1.29, 1.82) is 0 Å². The maximum Gasteiger partial charge on any atom is 0.255 e. The minimum Gasteiger partial charge on any atom is -0.497 e. The Kier molecular flexibility index (Phi) is 5.05. The molecule has 1 amide bonds. The summed E-state index contributed by atoms with van der Waals surface area (Å²) < 4.78 is 26.0. The number of aromatic nitrogens is 4. The summed E-state index contributed by atoms with van der Waals surface area (Å²) >= 11 is 0. The molecule has 0 aliphatic carbocycles. The highest BCUT2D eigenvalue weighted by molar-refractivity contribution is 6.06. The first-order valence-corrected chi connectivity index (χ1v) is 9.06. The Balaban J connectivity index is 1.77. The maximum atomic E-state index is 14.0. The van der Waals surface area contributed by atoms with Gasteiger partial charge < -0.3 is 20.1 Å². The first-order chi connectivity index (χ1) is 14.5. The van der Waals surface area contributed by atoms with Gasteiger partial charge in [0.15, 0.2) is 0 Å². The number of rotatable bonds is 5. The number of nitrogens with one attached hydrogen (secondary N) is 2. The highest BCUT2D eigenvalue weighted by Gasteiger charge is 2.34.